The number of hydrogen-bond donors (Lipinski definition) is 1. The molecule has 2 heterocycles. The standard InChI is InChI=1S/C22H28N4O3/c1-22(2,20(27)24-16-17-8-10-23-11-9-17)21(28)26-14-12-25(13-15-26)18-6-4-5-7-19(18)29-3/h4-11H,12-16H2,1-3H3,(H,24,27). The number of benzene rings is 1. The van der Waals surface area contributed by atoms with Gasteiger partial charge >= 0.3 is 0 Å². The van der Waals surface area contributed by atoms with Gasteiger partial charge in [0.25, 0.3) is 0 Å². The van der Waals surface area contributed by atoms with Crippen LogP contribution in [0, 0.1) is 5.41 Å². The van der Waals surface area contributed by atoms with Crippen LogP contribution in [0.25, 0.3) is 0 Å². The molecule has 0 saturated carbocycles. The number of pyridine rings is 1. The van der Waals surface area contributed by atoms with E-state index in [4.69, 9.17) is 4.74 Å². The maximum Gasteiger partial charge on any atom is 0.237 e. The summed E-state index contributed by atoms with van der Waals surface area (Å²) in [7, 11) is 1.66. The zero-order chi connectivity index (χ0) is 20.9. The highest BCUT2D eigenvalue weighted by atomic mass is 16.5. The number of nitrogens with zero attached hydrogens (tertiary/aromatic N) is 3. The average Bonchev–Trinajstić information content (AvgIpc) is 2.77. The van der Waals surface area contributed by atoms with Gasteiger partial charge in [0.15, 0.2) is 0 Å². The normalized spacial score (nSPS) is 14.4. The fraction of sp³-hybridized carbons (Fsp3) is 0.409. The second kappa shape index (κ2) is 8.94. The van der Waals surface area contributed by atoms with E-state index in [-0.39, 0.29) is 11.8 Å². The van der Waals surface area contributed by atoms with Gasteiger partial charge < -0.3 is 19.9 Å². The quantitative estimate of drug-likeness (QED) is 0.757. The monoisotopic (exact) mass is 396 g/mol. The maximum atomic E-state index is 13.1. The van der Waals surface area contributed by atoms with Crippen molar-refractivity contribution in [1.82, 2.24) is 15.2 Å². The van der Waals surface area contributed by atoms with Gasteiger partial charge in [0.1, 0.15) is 11.2 Å². The van der Waals surface area contributed by atoms with Crippen molar-refractivity contribution in [3.8, 4) is 5.75 Å². The van der Waals surface area contributed by atoms with E-state index in [0.717, 1.165) is 17.0 Å². The Kier molecular flexibility index (Phi) is 6.36. The molecule has 7 heteroatoms. The third-order valence-corrected chi connectivity index (χ3v) is 5.30. The number of methoxy groups -OCH3 is 1. The summed E-state index contributed by atoms with van der Waals surface area (Å²) in [6, 6.07) is 11.6. The number of para-hydroxylation sites is 2. The van der Waals surface area contributed by atoms with Crippen LogP contribution < -0.4 is 15.0 Å². The van der Waals surface area contributed by atoms with E-state index in [2.05, 4.69) is 15.2 Å². The molecule has 1 aliphatic rings. The van der Waals surface area contributed by atoms with E-state index < -0.39 is 5.41 Å². The summed E-state index contributed by atoms with van der Waals surface area (Å²) in [4.78, 5) is 33.7. The van der Waals surface area contributed by atoms with E-state index in [1.165, 1.54) is 0 Å². The summed E-state index contributed by atoms with van der Waals surface area (Å²) in [6.07, 6.45) is 3.36. The van der Waals surface area contributed by atoms with Gasteiger partial charge in [-0.3, -0.25) is 14.6 Å². The van der Waals surface area contributed by atoms with Gasteiger partial charge in [0, 0.05) is 45.1 Å². The second-order valence-corrected chi connectivity index (χ2v) is 7.61. The Morgan fingerprint density at radius 3 is 2.38 bits per heavy atom. The number of anilines is 1. The minimum Gasteiger partial charge on any atom is -0.495 e. The van der Waals surface area contributed by atoms with Crippen molar-refractivity contribution < 1.29 is 14.3 Å². The molecule has 1 N–H and O–H groups in total. The third kappa shape index (κ3) is 4.67. The first-order valence-corrected chi connectivity index (χ1v) is 9.78. The summed E-state index contributed by atoms with van der Waals surface area (Å²) in [5, 5.41) is 2.87. The Morgan fingerprint density at radius 1 is 1.07 bits per heavy atom. The average molecular weight is 396 g/mol. The highest BCUT2D eigenvalue weighted by Crippen LogP contribution is 2.29. The minimum absolute atomic E-state index is 0.149. The molecule has 3 rings (SSSR count). The molecule has 0 atom stereocenters. The Morgan fingerprint density at radius 2 is 1.72 bits per heavy atom. The van der Waals surface area contributed by atoms with Crippen molar-refractivity contribution in [3.63, 3.8) is 0 Å². The number of ether oxygens (including phenoxy) is 1. The van der Waals surface area contributed by atoms with Crippen LogP contribution >= 0.6 is 0 Å². The molecule has 7 nitrogen and oxygen atoms in total. The van der Waals surface area contributed by atoms with Crippen molar-refractivity contribution in [1.29, 1.82) is 0 Å². The number of nitrogens with one attached hydrogen (secondary N) is 1. The van der Waals surface area contributed by atoms with Crippen LogP contribution in [0.1, 0.15) is 19.4 Å². The van der Waals surface area contributed by atoms with Gasteiger partial charge in [-0.2, -0.15) is 0 Å². The number of carbonyl (C=O) groups is 2. The van der Waals surface area contributed by atoms with E-state index in [1.54, 1.807) is 38.3 Å². The molecule has 1 aromatic heterocycles. The summed E-state index contributed by atoms with van der Waals surface area (Å²) >= 11 is 0. The Hall–Kier alpha value is -3.09. The molecular weight excluding hydrogens is 368 g/mol. The van der Waals surface area contributed by atoms with Gasteiger partial charge in [-0.25, -0.2) is 0 Å². The van der Waals surface area contributed by atoms with Crippen LogP contribution in [0.5, 0.6) is 5.75 Å². The number of piperazine rings is 1. The molecule has 0 unspecified atom stereocenters. The van der Waals surface area contributed by atoms with Gasteiger partial charge in [-0.05, 0) is 43.7 Å². The van der Waals surface area contributed by atoms with E-state index in [1.807, 2.05) is 36.4 Å². The molecule has 1 saturated heterocycles. The van der Waals surface area contributed by atoms with Crippen molar-refractivity contribution >= 4 is 17.5 Å². The lowest BCUT2D eigenvalue weighted by Crippen LogP contribution is -2.55. The number of aromatic nitrogens is 1. The van der Waals surface area contributed by atoms with Gasteiger partial charge in [0.05, 0.1) is 12.8 Å². The maximum absolute atomic E-state index is 13.1. The predicted octanol–water partition coefficient (Wildman–Crippen LogP) is 2.08. The minimum atomic E-state index is -1.13. The van der Waals surface area contributed by atoms with Crippen LogP contribution in [0.2, 0.25) is 0 Å². The number of hydrogen-bond acceptors (Lipinski definition) is 5. The number of carbonyl (C=O) groups excluding carboxylic acids is 2. The SMILES string of the molecule is COc1ccccc1N1CCN(C(=O)C(C)(C)C(=O)NCc2ccncc2)CC1. The first kappa shape index (κ1) is 20.6. The molecule has 1 aromatic carbocycles. The van der Waals surface area contributed by atoms with Crippen molar-refractivity contribution in [2.45, 2.75) is 20.4 Å². The van der Waals surface area contributed by atoms with Gasteiger partial charge in [-0.15, -0.1) is 0 Å². The fourth-order valence-corrected chi connectivity index (χ4v) is 3.44. The Bertz CT molecular complexity index is 846. The molecule has 2 aromatic rings. The van der Waals surface area contributed by atoms with Crippen LogP contribution in [-0.4, -0.2) is 55.0 Å². The molecule has 1 fully saturated rings. The summed E-state index contributed by atoms with van der Waals surface area (Å²) in [6.45, 7) is 6.27. The van der Waals surface area contributed by atoms with Gasteiger partial charge in [-0.1, -0.05) is 12.1 Å². The Balaban J connectivity index is 1.58. The zero-order valence-corrected chi connectivity index (χ0v) is 17.2. The van der Waals surface area contributed by atoms with Crippen LogP contribution in [-0.2, 0) is 16.1 Å². The van der Waals surface area contributed by atoms with Crippen molar-refractivity contribution in [2.75, 3.05) is 38.2 Å². The smallest absolute Gasteiger partial charge is 0.237 e. The second-order valence-electron chi connectivity index (χ2n) is 7.61. The predicted molar refractivity (Wildman–Crippen MR) is 112 cm³/mol. The molecule has 1 aliphatic heterocycles. The highest BCUT2D eigenvalue weighted by molar-refractivity contribution is 6.04. The zero-order valence-electron chi connectivity index (χ0n) is 17.2. The van der Waals surface area contributed by atoms with E-state index >= 15 is 0 Å². The molecule has 0 radical (unpaired) electrons. The Labute approximate surface area is 171 Å². The molecule has 29 heavy (non-hydrogen) atoms. The van der Waals surface area contributed by atoms with Gasteiger partial charge in [0.2, 0.25) is 11.8 Å². The fourth-order valence-electron chi connectivity index (χ4n) is 3.44. The summed E-state index contributed by atoms with van der Waals surface area (Å²) in [5.74, 6) is 0.402. The third-order valence-electron chi connectivity index (χ3n) is 5.30. The topological polar surface area (TPSA) is 74.8 Å². The van der Waals surface area contributed by atoms with Crippen LogP contribution in [0.3, 0.4) is 0 Å². The molecule has 0 bridgehead atoms. The van der Waals surface area contributed by atoms with Crippen molar-refractivity contribution in [3.05, 3.63) is 54.4 Å². The van der Waals surface area contributed by atoms with Crippen LogP contribution in [0.15, 0.2) is 48.8 Å². The molecule has 2 amide bonds. The first-order valence-electron chi connectivity index (χ1n) is 9.78. The molecular formula is C22H28N4O3. The summed E-state index contributed by atoms with van der Waals surface area (Å²) in [5.41, 5.74) is 0.845. The van der Waals surface area contributed by atoms with E-state index in [0.29, 0.717) is 32.7 Å². The van der Waals surface area contributed by atoms with Crippen molar-refractivity contribution in [2.24, 2.45) is 5.41 Å². The molecule has 154 valence electrons. The lowest BCUT2D eigenvalue weighted by Gasteiger charge is -2.39. The number of rotatable bonds is 6. The lowest BCUT2D eigenvalue weighted by atomic mass is 9.89. The molecule has 0 aliphatic carbocycles. The van der Waals surface area contributed by atoms with Crippen LogP contribution in [0.4, 0.5) is 5.69 Å². The lowest BCUT2D eigenvalue weighted by molar-refractivity contribution is -0.148. The highest BCUT2D eigenvalue weighted by Gasteiger charge is 2.40. The first-order chi connectivity index (χ1) is 13.9. The van der Waals surface area contributed by atoms with E-state index in [9.17, 15) is 9.59 Å². The largest absolute Gasteiger partial charge is 0.495 e. The molecule has 0 spiro atoms. The number of amides is 2. The summed E-state index contributed by atoms with van der Waals surface area (Å²) < 4.78 is 5.44.